The van der Waals surface area contributed by atoms with Gasteiger partial charge in [0.25, 0.3) is 5.91 Å². The van der Waals surface area contributed by atoms with Gasteiger partial charge in [-0.25, -0.2) is 4.98 Å². The second-order valence-electron chi connectivity index (χ2n) is 12.6. The largest absolute Gasteiger partial charge is 0.491 e. The summed E-state index contributed by atoms with van der Waals surface area (Å²) < 4.78 is 18.0. The number of hydrogen-bond donors (Lipinski definition) is 4. The van der Waals surface area contributed by atoms with Gasteiger partial charge in [-0.15, -0.1) is 10.2 Å². The van der Waals surface area contributed by atoms with Crippen LogP contribution in [0, 0.1) is 5.92 Å². The molecule has 0 aliphatic rings. The number of thiazole rings is 1. The number of benzene rings is 3. The average molecular weight is 720 g/mol. The number of aromatic nitrogens is 1. The van der Waals surface area contributed by atoms with E-state index in [1.807, 2.05) is 106 Å². The van der Waals surface area contributed by atoms with Crippen molar-refractivity contribution in [1.82, 2.24) is 15.6 Å². The Hall–Kier alpha value is -4.47. The summed E-state index contributed by atoms with van der Waals surface area (Å²) >= 11 is 1.44. The average Bonchev–Trinajstić information content (AvgIpc) is 3.53. The molecule has 0 radical (unpaired) electrons. The highest BCUT2D eigenvalue weighted by Crippen LogP contribution is 2.32. The number of ether oxygens (including phenoxy) is 3. The Morgan fingerprint density at radius 1 is 0.922 bits per heavy atom. The number of nitrogens with zero attached hydrogens (tertiary/aromatic N) is 4. The Labute approximate surface area is 303 Å². The number of aliphatic hydroxyl groups excluding tert-OH is 1. The third-order valence-electron chi connectivity index (χ3n) is 7.71. The van der Waals surface area contributed by atoms with Gasteiger partial charge in [0.2, 0.25) is 11.0 Å². The maximum atomic E-state index is 12.9. The van der Waals surface area contributed by atoms with E-state index >= 15 is 0 Å². The molecule has 0 aliphatic heterocycles. The molecule has 274 valence electrons. The first-order valence-corrected chi connectivity index (χ1v) is 17.8. The first-order chi connectivity index (χ1) is 24.6. The molecule has 51 heavy (non-hydrogen) atoms. The van der Waals surface area contributed by atoms with Gasteiger partial charge < -0.3 is 40.6 Å². The molecule has 0 unspecified atom stereocenters. The van der Waals surface area contributed by atoms with Crippen LogP contribution in [0.5, 0.6) is 5.75 Å². The van der Waals surface area contributed by atoms with Crippen LogP contribution in [0.25, 0.3) is 10.2 Å². The summed E-state index contributed by atoms with van der Waals surface area (Å²) in [4.78, 5) is 32.2. The molecule has 14 heteroatoms. The number of nitrogens with one attached hydrogen (secondary N) is 2. The quantitative estimate of drug-likeness (QED) is 0.0699. The molecular formula is C37H49N7O6S. The van der Waals surface area contributed by atoms with Gasteiger partial charge in [-0.2, -0.15) is 0 Å². The fourth-order valence-electron chi connectivity index (χ4n) is 5.01. The molecule has 13 nitrogen and oxygen atoms in total. The number of azo groups is 1. The van der Waals surface area contributed by atoms with E-state index in [1.165, 1.54) is 11.3 Å². The van der Waals surface area contributed by atoms with Gasteiger partial charge in [0.1, 0.15) is 24.5 Å². The number of anilines is 1. The molecule has 0 aliphatic carbocycles. The van der Waals surface area contributed by atoms with E-state index in [-0.39, 0.29) is 25.0 Å². The lowest BCUT2D eigenvalue weighted by Gasteiger charge is -2.24. The van der Waals surface area contributed by atoms with Crippen LogP contribution >= 0.6 is 11.3 Å². The molecule has 3 aromatic carbocycles. The fraction of sp³-hybridized carbons (Fsp3) is 0.432. The predicted molar refractivity (Wildman–Crippen MR) is 200 cm³/mol. The van der Waals surface area contributed by atoms with Crippen molar-refractivity contribution in [1.29, 1.82) is 0 Å². The highest BCUT2D eigenvalue weighted by atomic mass is 32.1. The number of hydrogen-bond acceptors (Lipinski definition) is 12. The normalized spacial score (nSPS) is 13.3. The predicted octanol–water partition coefficient (Wildman–Crippen LogP) is 4.77. The number of aliphatic hydroxyl groups is 1. The monoisotopic (exact) mass is 719 g/mol. The Morgan fingerprint density at radius 3 is 2.33 bits per heavy atom. The molecule has 5 N–H and O–H groups in total. The number of rotatable bonds is 21. The highest BCUT2D eigenvalue weighted by Gasteiger charge is 2.28. The number of carbonyl (C=O) groups excluding carboxylic acids is 2. The molecule has 0 saturated heterocycles. The molecule has 1 heterocycles. The highest BCUT2D eigenvalue weighted by molar-refractivity contribution is 7.21. The van der Waals surface area contributed by atoms with Crippen LogP contribution in [-0.4, -0.2) is 93.8 Å². The minimum absolute atomic E-state index is 0.136. The van der Waals surface area contributed by atoms with Gasteiger partial charge in [0.05, 0.1) is 42.3 Å². The smallest absolute Gasteiger partial charge is 0.251 e. The zero-order chi connectivity index (χ0) is 36.6. The van der Waals surface area contributed by atoms with Gasteiger partial charge >= 0.3 is 0 Å². The third-order valence-corrected chi connectivity index (χ3v) is 8.61. The van der Waals surface area contributed by atoms with E-state index in [2.05, 4.69) is 25.8 Å². The van der Waals surface area contributed by atoms with Crippen molar-refractivity contribution in [2.45, 2.75) is 44.9 Å². The van der Waals surface area contributed by atoms with Crippen LogP contribution in [0.4, 0.5) is 16.5 Å². The summed E-state index contributed by atoms with van der Waals surface area (Å²) in [6.45, 7) is 5.90. The van der Waals surface area contributed by atoms with E-state index in [4.69, 9.17) is 19.9 Å². The lowest BCUT2D eigenvalue weighted by Crippen LogP contribution is -2.54. The first-order valence-electron chi connectivity index (χ1n) is 17.0. The second kappa shape index (κ2) is 20.4. The zero-order valence-electron chi connectivity index (χ0n) is 29.7. The van der Waals surface area contributed by atoms with Crippen molar-refractivity contribution in [3.8, 4) is 5.75 Å². The Bertz CT molecular complexity index is 1680. The SMILES string of the molecule is CC(C)C[C@H](NC(=O)[C@@H](O)[C@@H](N)Cc1ccccc1)C(=O)NCCOCCOCCOc1ccc2nc(N=Nc3ccc(N(C)C)cc3)sc2c1. The minimum atomic E-state index is -1.45. The lowest BCUT2D eigenvalue weighted by atomic mass is 10.00. The van der Waals surface area contributed by atoms with Crippen molar-refractivity contribution < 1.29 is 28.9 Å². The summed E-state index contributed by atoms with van der Waals surface area (Å²) in [5.74, 6) is -0.172. The molecule has 0 fully saturated rings. The van der Waals surface area contributed by atoms with E-state index in [9.17, 15) is 14.7 Å². The molecule has 0 saturated carbocycles. The van der Waals surface area contributed by atoms with Gasteiger partial charge in [0.15, 0.2) is 0 Å². The van der Waals surface area contributed by atoms with E-state index < -0.39 is 24.1 Å². The fourth-order valence-corrected chi connectivity index (χ4v) is 5.82. The third kappa shape index (κ3) is 13.3. The second-order valence-corrected chi connectivity index (χ2v) is 13.6. The van der Waals surface area contributed by atoms with Crippen LogP contribution in [0.1, 0.15) is 25.8 Å². The molecule has 4 aromatic rings. The summed E-state index contributed by atoms with van der Waals surface area (Å²) in [5, 5.41) is 25.1. The van der Waals surface area contributed by atoms with Gasteiger partial charge in [-0.1, -0.05) is 55.5 Å². The molecule has 4 rings (SSSR count). The van der Waals surface area contributed by atoms with E-state index in [0.717, 1.165) is 27.2 Å². The van der Waals surface area contributed by atoms with Crippen molar-refractivity contribution in [3.05, 3.63) is 78.4 Å². The molecule has 0 bridgehead atoms. The molecule has 1 aromatic heterocycles. The maximum Gasteiger partial charge on any atom is 0.251 e. The van der Waals surface area contributed by atoms with Crippen molar-refractivity contribution in [2.24, 2.45) is 21.9 Å². The molecule has 3 atom stereocenters. The van der Waals surface area contributed by atoms with Gasteiger partial charge in [0, 0.05) is 32.4 Å². The summed E-state index contributed by atoms with van der Waals surface area (Å²) in [5.41, 5.74) is 9.68. The van der Waals surface area contributed by atoms with Crippen LogP contribution in [0.2, 0.25) is 0 Å². The van der Waals surface area contributed by atoms with Crippen LogP contribution < -0.4 is 26.0 Å². The lowest BCUT2D eigenvalue weighted by molar-refractivity contribution is -0.135. The number of amides is 2. The number of carbonyl (C=O) groups is 2. The standard InChI is InChI=1S/C37H49N7O6S/c1-25(2)22-32(40-36(47)34(45)30(38)23-26-8-6-5-7-9-26)35(46)39-16-17-48-18-19-49-20-21-50-29-14-15-31-33(24-29)51-37(41-31)43-42-27-10-12-28(13-11-27)44(3)4/h5-15,24-25,30,32,34,45H,16-23,38H2,1-4H3,(H,39,46)(H,40,47)/t30-,32-,34-/m0/s1. The topological polar surface area (TPSA) is 173 Å². The van der Waals surface area contributed by atoms with Crippen LogP contribution in [0.15, 0.2) is 83.0 Å². The van der Waals surface area contributed by atoms with Gasteiger partial charge in [-0.3, -0.25) is 9.59 Å². The summed E-state index contributed by atoms with van der Waals surface area (Å²) in [6.07, 6.45) is -0.705. The molecular weight excluding hydrogens is 671 g/mol. The Morgan fingerprint density at radius 2 is 1.63 bits per heavy atom. The van der Waals surface area contributed by atoms with Crippen molar-refractivity contribution >= 4 is 49.9 Å². The number of fused-ring (bicyclic) bond motifs is 1. The minimum Gasteiger partial charge on any atom is -0.491 e. The van der Waals surface area contributed by atoms with E-state index in [0.29, 0.717) is 50.2 Å². The first kappa shape index (κ1) is 39.3. The molecule has 0 spiro atoms. The van der Waals surface area contributed by atoms with Crippen LogP contribution in [-0.2, 0) is 25.5 Å². The maximum absolute atomic E-state index is 12.9. The van der Waals surface area contributed by atoms with E-state index in [1.54, 1.807) is 0 Å². The van der Waals surface area contributed by atoms with Gasteiger partial charge in [-0.05, 0) is 66.8 Å². The number of nitrogens with two attached hydrogens (primary N) is 1. The van der Waals surface area contributed by atoms with Crippen molar-refractivity contribution in [2.75, 3.05) is 58.6 Å². The Balaban J connectivity index is 1.08. The molecule has 2 amide bonds. The zero-order valence-corrected chi connectivity index (χ0v) is 30.5. The van der Waals surface area contributed by atoms with Crippen LogP contribution in [0.3, 0.4) is 0 Å². The summed E-state index contributed by atoms with van der Waals surface area (Å²) in [6, 6.07) is 21.3. The Kier molecular flexibility index (Phi) is 15.7. The summed E-state index contributed by atoms with van der Waals surface area (Å²) in [7, 11) is 3.98. The van der Waals surface area contributed by atoms with Crippen molar-refractivity contribution in [3.63, 3.8) is 0 Å².